The van der Waals surface area contributed by atoms with Gasteiger partial charge in [0, 0.05) is 1.37 Å². The van der Waals surface area contributed by atoms with E-state index in [0.29, 0.717) is 12.0 Å². The second-order valence-electron chi connectivity index (χ2n) is 7.89. The zero-order chi connectivity index (χ0) is 22.8. The number of rotatable bonds is 6. The minimum atomic E-state index is -0.933. The molecule has 5 aromatic rings. The standard InChI is InChI=1S/C29H25NO2/c1-2-13-22-14-12-21-26-27(22)32-28(31)30(26)29(23-15-6-3-7-16-23,24-17-8-4-9-18-24)25-19-10-5-11-20-25/h3-12,14-21H,2,13H2,1H3/i2D. The van der Waals surface area contributed by atoms with Crippen LogP contribution in [0.3, 0.4) is 0 Å². The molecule has 0 saturated carbocycles. The zero-order valence-corrected chi connectivity index (χ0v) is 17.9. The Morgan fingerprint density at radius 2 is 1.25 bits per heavy atom. The SMILES string of the molecule is [2H]C(C)Cc1cccc2c1oc(=O)n2C(c1ccccc1)(c1ccccc1)c1ccccc1. The van der Waals surface area contributed by atoms with Crippen LogP contribution in [0, 0.1) is 0 Å². The average Bonchev–Trinajstić information content (AvgIpc) is 3.19. The van der Waals surface area contributed by atoms with Crippen LogP contribution in [0.2, 0.25) is 0 Å². The van der Waals surface area contributed by atoms with Crippen LogP contribution in [0.1, 0.15) is 36.9 Å². The summed E-state index contributed by atoms with van der Waals surface area (Å²) >= 11 is 0. The van der Waals surface area contributed by atoms with Gasteiger partial charge in [-0.3, -0.25) is 4.57 Å². The molecule has 3 heteroatoms. The van der Waals surface area contributed by atoms with E-state index in [4.69, 9.17) is 5.79 Å². The van der Waals surface area contributed by atoms with Crippen molar-refractivity contribution in [2.75, 3.05) is 0 Å². The molecule has 4 aromatic carbocycles. The van der Waals surface area contributed by atoms with Gasteiger partial charge in [-0.25, -0.2) is 4.79 Å². The molecule has 1 unspecified atom stereocenters. The molecule has 0 radical (unpaired) electrons. The van der Waals surface area contributed by atoms with E-state index in [1.807, 2.05) is 79.7 Å². The monoisotopic (exact) mass is 420 g/mol. The van der Waals surface area contributed by atoms with Crippen molar-refractivity contribution in [3.05, 3.63) is 142 Å². The van der Waals surface area contributed by atoms with Gasteiger partial charge in [-0.15, -0.1) is 0 Å². The summed E-state index contributed by atoms with van der Waals surface area (Å²) in [5.41, 5.74) is 4.10. The van der Waals surface area contributed by atoms with Gasteiger partial charge in [-0.05, 0) is 34.7 Å². The molecular formula is C29H25NO2. The smallest absolute Gasteiger partial charge is 0.407 e. The highest BCUT2D eigenvalue weighted by molar-refractivity contribution is 5.78. The normalized spacial score (nSPS) is 13.1. The van der Waals surface area contributed by atoms with Crippen LogP contribution >= 0.6 is 0 Å². The summed E-state index contributed by atoms with van der Waals surface area (Å²) in [5, 5.41) is 0. The van der Waals surface area contributed by atoms with E-state index in [2.05, 4.69) is 36.4 Å². The fourth-order valence-corrected chi connectivity index (χ4v) is 4.72. The molecule has 1 heterocycles. The molecule has 32 heavy (non-hydrogen) atoms. The lowest BCUT2D eigenvalue weighted by Crippen LogP contribution is -2.42. The lowest BCUT2D eigenvalue weighted by Gasteiger charge is -2.36. The number of fused-ring (bicyclic) bond motifs is 1. The quantitative estimate of drug-likeness (QED) is 0.299. The van der Waals surface area contributed by atoms with Crippen molar-refractivity contribution < 1.29 is 5.79 Å². The highest BCUT2D eigenvalue weighted by Gasteiger charge is 2.41. The van der Waals surface area contributed by atoms with Gasteiger partial charge in [-0.1, -0.05) is 116 Å². The van der Waals surface area contributed by atoms with Gasteiger partial charge in [0.1, 0.15) is 5.54 Å². The Balaban J connectivity index is 1.96. The number of benzene rings is 4. The fourth-order valence-electron chi connectivity index (χ4n) is 4.72. The summed E-state index contributed by atoms with van der Waals surface area (Å²) in [5.74, 6) is -0.424. The van der Waals surface area contributed by atoms with E-state index in [0.717, 1.165) is 27.8 Å². The number of oxazole rings is 1. The topological polar surface area (TPSA) is 35.1 Å². The molecule has 0 spiro atoms. The lowest BCUT2D eigenvalue weighted by atomic mass is 9.76. The summed E-state index contributed by atoms with van der Waals surface area (Å²) in [7, 11) is 0. The Labute approximate surface area is 189 Å². The van der Waals surface area contributed by atoms with Crippen LogP contribution in [-0.2, 0) is 12.0 Å². The van der Waals surface area contributed by atoms with Gasteiger partial charge in [-0.2, -0.15) is 0 Å². The van der Waals surface area contributed by atoms with Gasteiger partial charge >= 0.3 is 5.76 Å². The summed E-state index contributed by atoms with van der Waals surface area (Å²) in [6.07, 6.45) is 0.214. The minimum Gasteiger partial charge on any atom is -0.407 e. The van der Waals surface area contributed by atoms with E-state index < -0.39 is 11.3 Å². The van der Waals surface area contributed by atoms with E-state index in [9.17, 15) is 4.79 Å². The number of para-hydroxylation sites is 1. The maximum atomic E-state index is 13.7. The highest BCUT2D eigenvalue weighted by Crippen LogP contribution is 2.42. The molecule has 158 valence electrons. The van der Waals surface area contributed by atoms with E-state index >= 15 is 0 Å². The molecule has 0 bridgehead atoms. The first-order valence-corrected chi connectivity index (χ1v) is 10.8. The average molecular weight is 421 g/mol. The van der Waals surface area contributed by atoms with Crippen LogP contribution < -0.4 is 5.76 Å². The highest BCUT2D eigenvalue weighted by atomic mass is 16.4. The predicted molar refractivity (Wildman–Crippen MR) is 129 cm³/mol. The van der Waals surface area contributed by atoms with Gasteiger partial charge in [0.25, 0.3) is 0 Å². The van der Waals surface area contributed by atoms with Crippen molar-refractivity contribution >= 4 is 11.1 Å². The van der Waals surface area contributed by atoms with E-state index in [-0.39, 0.29) is 6.40 Å². The van der Waals surface area contributed by atoms with Gasteiger partial charge in [0.05, 0.1) is 5.52 Å². The maximum absolute atomic E-state index is 13.7. The minimum absolute atomic E-state index is 0.300. The molecule has 0 amide bonds. The first-order valence-electron chi connectivity index (χ1n) is 11.4. The summed E-state index contributed by atoms with van der Waals surface area (Å²) in [6.45, 7) is 1.84. The zero-order valence-electron chi connectivity index (χ0n) is 18.9. The molecule has 0 aliphatic carbocycles. The van der Waals surface area contributed by atoms with Crippen molar-refractivity contribution in [1.29, 1.82) is 0 Å². The number of aromatic nitrogens is 1. The summed E-state index contributed by atoms with van der Waals surface area (Å²) in [4.78, 5) is 13.7. The van der Waals surface area contributed by atoms with Crippen molar-refractivity contribution in [3.8, 4) is 0 Å². The Bertz CT molecular complexity index is 1320. The van der Waals surface area contributed by atoms with Gasteiger partial charge < -0.3 is 4.42 Å². The van der Waals surface area contributed by atoms with Crippen LogP contribution in [0.15, 0.2) is 118 Å². The van der Waals surface area contributed by atoms with Crippen molar-refractivity contribution in [1.82, 2.24) is 4.57 Å². The molecule has 0 fully saturated rings. The molecule has 0 aliphatic rings. The molecule has 0 saturated heterocycles. The van der Waals surface area contributed by atoms with Crippen LogP contribution in [0.5, 0.6) is 0 Å². The van der Waals surface area contributed by atoms with Gasteiger partial charge in [0.15, 0.2) is 5.58 Å². The first kappa shape index (κ1) is 18.9. The fraction of sp³-hybridized carbons (Fsp3) is 0.138. The van der Waals surface area contributed by atoms with Crippen molar-refractivity contribution in [3.63, 3.8) is 0 Å². The van der Waals surface area contributed by atoms with E-state index in [1.54, 1.807) is 4.57 Å². The Kier molecular flexibility index (Phi) is 4.93. The second-order valence-corrected chi connectivity index (χ2v) is 7.89. The summed E-state index contributed by atoms with van der Waals surface area (Å²) in [6, 6.07) is 36.1. The molecule has 0 aliphatic heterocycles. The predicted octanol–water partition coefficient (Wildman–Crippen LogP) is 6.39. The largest absolute Gasteiger partial charge is 0.421 e. The van der Waals surface area contributed by atoms with Crippen molar-refractivity contribution in [2.45, 2.75) is 25.3 Å². The molecule has 1 atom stereocenters. The van der Waals surface area contributed by atoms with Crippen molar-refractivity contribution in [2.24, 2.45) is 0 Å². The Morgan fingerprint density at radius 3 is 1.72 bits per heavy atom. The number of hydrogen-bond acceptors (Lipinski definition) is 2. The lowest BCUT2D eigenvalue weighted by molar-refractivity contribution is 0.440. The summed E-state index contributed by atoms with van der Waals surface area (Å²) < 4.78 is 15.8. The number of nitrogens with zero attached hydrogens (tertiary/aromatic N) is 1. The van der Waals surface area contributed by atoms with Crippen LogP contribution in [0.4, 0.5) is 0 Å². The molecule has 3 nitrogen and oxygen atoms in total. The third-order valence-corrected chi connectivity index (χ3v) is 6.02. The second kappa shape index (κ2) is 8.35. The third kappa shape index (κ3) is 3.09. The maximum Gasteiger partial charge on any atom is 0.421 e. The first-order chi connectivity index (χ1) is 16.1. The molecular weight excluding hydrogens is 394 g/mol. The number of hydrogen-bond donors (Lipinski definition) is 0. The Hall–Kier alpha value is -3.85. The Morgan fingerprint density at radius 1 is 0.750 bits per heavy atom. The van der Waals surface area contributed by atoms with Gasteiger partial charge in [0.2, 0.25) is 0 Å². The third-order valence-electron chi connectivity index (χ3n) is 6.02. The van der Waals surface area contributed by atoms with Crippen LogP contribution in [0.25, 0.3) is 11.1 Å². The number of aryl methyl sites for hydroxylation is 1. The molecule has 1 aromatic heterocycles. The molecule has 0 N–H and O–H groups in total. The van der Waals surface area contributed by atoms with Crippen LogP contribution in [-0.4, -0.2) is 4.57 Å². The molecule has 5 rings (SSSR count). The van der Waals surface area contributed by atoms with E-state index in [1.165, 1.54) is 0 Å².